The molecule has 1 aromatic heterocycles. The normalized spacial score (nSPS) is 17.3. The highest BCUT2D eigenvalue weighted by Crippen LogP contribution is 2.14. The van der Waals surface area contributed by atoms with Gasteiger partial charge in [0.15, 0.2) is 0 Å². The van der Waals surface area contributed by atoms with Crippen molar-refractivity contribution in [2.75, 3.05) is 46.3 Å². The molecule has 1 amide bonds. The fourth-order valence-electron chi connectivity index (χ4n) is 3.12. The van der Waals surface area contributed by atoms with E-state index in [2.05, 4.69) is 27.1 Å². The van der Waals surface area contributed by atoms with Crippen molar-refractivity contribution in [1.82, 2.24) is 20.1 Å². The van der Waals surface area contributed by atoms with Crippen molar-refractivity contribution in [2.24, 2.45) is 0 Å². The molecule has 3 rings (SSSR count). The van der Waals surface area contributed by atoms with Crippen LogP contribution in [0.4, 0.5) is 0 Å². The Hall–Kier alpha value is -1.85. The molecule has 124 valence electrons. The number of aromatic amines is 1. The van der Waals surface area contributed by atoms with Crippen molar-refractivity contribution in [3.63, 3.8) is 0 Å². The smallest absolute Gasteiger partial charge is 0.251 e. The van der Waals surface area contributed by atoms with Crippen molar-refractivity contribution in [2.45, 2.75) is 12.8 Å². The number of aromatic nitrogens is 1. The highest BCUT2D eigenvalue weighted by atomic mass is 16.1. The summed E-state index contributed by atoms with van der Waals surface area (Å²) in [5, 5.41) is 4.11. The quantitative estimate of drug-likeness (QED) is 0.829. The van der Waals surface area contributed by atoms with E-state index in [1.165, 1.54) is 19.5 Å². The van der Waals surface area contributed by atoms with Gasteiger partial charge in [0.1, 0.15) is 0 Å². The third-order valence-corrected chi connectivity index (χ3v) is 4.56. The maximum absolute atomic E-state index is 12.2. The summed E-state index contributed by atoms with van der Waals surface area (Å²) < 4.78 is 0. The lowest BCUT2D eigenvalue weighted by molar-refractivity contribution is 0.0952. The van der Waals surface area contributed by atoms with E-state index < -0.39 is 0 Å². The lowest BCUT2D eigenvalue weighted by Crippen LogP contribution is -2.32. The van der Waals surface area contributed by atoms with Gasteiger partial charge in [-0.15, -0.1) is 0 Å². The minimum absolute atomic E-state index is 0.0173. The highest BCUT2D eigenvalue weighted by Gasteiger charge is 2.11. The first kappa shape index (κ1) is 16.0. The monoisotopic (exact) mass is 314 g/mol. The fourth-order valence-corrected chi connectivity index (χ4v) is 3.12. The number of fused-ring (bicyclic) bond motifs is 1. The van der Waals surface area contributed by atoms with Gasteiger partial charge < -0.3 is 20.1 Å². The average Bonchev–Trinajstić information content (AvgIpc) is 2.93. The van der Waals surface area contributed by atoms with Gasteiger partial charge in [0.25, 0.3) is 5.91 Å². The van der Waals surface area contributed by atoms with E-state index in [1.54, 1.807) is 0 Å². The number of hydrogen-bond donors (Lipinski definition) is 2. The third-order valence-electron chi connectivity index (χ3n) is 4.56. The number of hydrogen-bond acceptors (Lipinski definition) is 3. The first-order chi connectivity index (χ1) is 11.2. The van der Waals surface area contributed by atoms with Crippen LogP contribution < -0.4 is 5.32 Å². The van der Waals surface area contributed by atoms with Gasteiger partial charge >= 0.3 is 0 Å². The van der Waals surface area contributed by atoms with Crippen LogP contribution in [0.25, 0.3) is 10.9 Å². The molecule has 1 saturated heterocycles. The number of nitrogens with zero attached hydrogens (tertiary/aromatic N) is 2. The molecule has 1 aromatic carbocycles. The zero-order valence-corrected chi connectivity index (χ0v) is 13.8. The van der Waals surface area contributed by atoms with Crippen LogP contribution in [0.2, 0.25) is 0 Å². The molecule has 0 radical (unpaired) electrons. The van der Waals surface area contributed by atoms with E-state index >= 15 is 0 Å². The molecule has 5 nitrogen and oxygen atoms in total. The molecule has 2 N–H and O–H groups in total. The topological polar surface area (TPSA) is 51.4 Å². The zero-order chi connectivity index (χ0) is 16.1. The second-order valence-corrected chi connectivity index (χ2v) is 6.39. The number of carbonyl (C=O) groups excluding carboxylic acids is 1. The number of benzene rings is 1. The van der Waals surface area contributed by atoms with E-state index in [0.29, 0.717) is 0 Å². The van der Waals surface area contributed by atoms with Gasteiger partial charge in [-0.05, 0) is 63.8 Å². The predicted molar refractivity (Wildman–Crippen MR) is 93.8 cm³/mol. The summed E-state index contributed by atoms with van der Waals surface area (Å²) in [5.74, 6) is 0.0173. The number of carbonyl (C=O) groups is 1. The Morgan fingerprint density at radius 3 is 3.04 bits per heavy atom. The molecule has 1 fully saturated rings. The standard InChI is InChI=1S/C18H26N4O/c1-21-9-3-11-22(13-12-21)10-2-7-20-18(23)16-4-5-17-15(14-16)6-8-19-17/h4-6,8,14,19H,2-3,7,9-13H2,1H3,(H,20,23). The van der Waals surface area contributed by atoms with Gasteiger partial charge in [-0.2, -0.15) is 0 Å². The zero-order valence-electron chi connectivity index (χ0n) is 13.8. The molecule has 1 aliphatic rings. The molecule has 1 aliphatic heterocycles. The predicted octanol–water partition coefficient (Wildman–Crippen LogP) is 1.93. The van der Waals surface area contributed by atoms with Crippen molar-refractivity contribution in [1.29, 1.82) is 0 Å². The Balaban J connectivity index is 1.42. The van der Waals surface area contributed by atoms with E-state index in [-0.39, 0.29) is 5.91 Å². The van der Waals surface area contributed by atoms with Crippen LogP contribution in [0, 0.1) is 0 Å². The number of amides is 1. The minimum Gasteiger partial charge on any atom is -0.361 e. The Labute approximate surface area is 137 Å². The molecule has 0 spiro atoms. The molecule has 5 heteroatoms. The summed E-state index contributed by atoms with van der Waals surface area (Å²) in [5.41, 5.74) is 1.79. The van der Waals surface area contributed by atoms with E-state index in [9.17, 15) is 4.79 Å². The lowest BCUT2D eigenvalue weighted by Gasteiger charge is -2.19. The third kappa shape index (κ3) is 4.33. The van der Waals surface area contributed by atoms with Crippen molar-refractivity contribution >= 4 is 16.8 Å². The Kier molecular flexibility index (Phi) is 5.31. The van der Waals surface area contributed by atoms with Crippen LogP contribution in [-0.2, 0) is 0 Å². The number of H-pyrrole nitrogens is 1. The van der Waals surface area contributed by atoms with Crippen LogP contribution in [-0.4, -0.2) is 67.0 Å². The molecule has 0 aliphatic carbocycles. The van der Waals surface area contributed by atoms with Crippen molar-refractivity contribution in [3.05, 3.63) is 36.0 Å². The summed E-state index contributed by atoms with van der Waals surface area (Å²) >= 11 is 0. The van der Waals surface area contributed by atoms with Crippen LogP contribution in [0.5, 0.6) is 0 Å². The van der Waals surface area contributed by atoms with Gasteiger partial charge in [0.05, 0.1) is 0 Å². The highest BCUT2D eigenvalue weighted by molar-refractivity contribution is 5.98. The van der Waals surface area contributed by atoms with Crippen LogP contribution >= 0.6 is 0 Å². The first-order valence-electron chi connectivity index (χ1n) is 8.48. The number of rotatable bonds is 5. The molecule has 0 unspecified atom stereocenters. The SMILES string of the molecule is CN1CCCN(CCCNC(=O)c2ccc3[nH]ccc3c2)CC1. The number of nitrogens with one attached hydrogen (secondary N) is 2. The molecule has 0 saturated carbocycles. The first-order valence-corrected chi connectivity index (χ1v) is 8.48. The summed E-state index contributed by atoms with van der Waals surface area (Å²) in [6, 6.07) is 7.76. The second-order valence-electron chi connectivity index (χ2n) is 6.39. The van der Waals surface area contributed by atoms with Gasteiger partial charge in [-0.1, -0.05) is 0 Å². The molecule has 0 bridgehead atoms. The summed E-state index contributed by atoms with van der Waals surface area (Å²) in [6.07, 6.45) is 4.13. The average molecular weight is 314 g/mol. The molecule has 2 heterocycles. The van der Waals surface area contributed by atoms with E-state index in [0.717, 1.165) is 49.1 Å². The second kappa shape index (κ2) is 7.62. The largest absolute Gasteiger partial charge is 0.361 e. The van der Waals surface area contributed by atoms with Gasteiger partial charge in [-0.25, -0.2) is 0 Å². The minimum atomic E-state index is 0.0173. The van der Waals surface area contributed by atoms with Crippen molar-refractivity contribution in [3.8, 4) is 0 Å². The Morgan fingerprint density at radius 1 is 1.22 bits per heavy atom. The lowest BCUT2D eigenvalue weighted by atomic mass is 10.1. The molecular weight excluding hydrogens is 288 g/mol. The van der Waals surface area contributed by atoms with Crippen LogP contribution in [0.3, 0.4) is 0 Å². The fraction of sp³-hybridized carbons (Fsp3) is 0.500. The van der Waals surface area contributed by atoms with Crippen molar-refractivity contribution < 1.29 is 4.79 Å². The Bertz CT molecular complexity index is 651. The summed E-state index contributed by atoms with van der Waals surface area (Å²) in [4.78, 5) is 20.2. The van der Waals surface area contributed by atoms with Gasteiger partial charge in [0, 0.05) is 42.3 Å². The summed E-state index contributed by atoms with van der Waals surface area (Å²) in [7, 11) is 2.19. The molecule has 0 atom stereocenters. The molecular formula is C18H26N4O. The van der Waals surface area contributed by atoms with Crippen LogP contribution in [0.1, 0.15) is 23.2 Å². The molecule has 2 aromatic rings. The maximum Gasteiger partial charge on any atom is 0.251 e. The van der Waals surface area contributed by atoms with Gasteiger partial charge in [0.2, 0.25) is 0 Å². The van der Waals surface area contributed by atoms with Gasteiger partial charge in [-0.3, -0.25) is 4.79 Å². The summed E-state index contributed by atoms with van der Waals surface area (Å²) in [6.45, 7) is 6.43. The van der Waals surface area contributed by atoms with E-state index in [1.807, 2.05) is 30.5 Å². The van der Waals surface area contributed by atoms with E-state index in [4.69, 9.17) is 0 Å². The molecule has 23 heavy (non-hydrogen) atoms. The van der Waals surface area contributed by atoms with Crippen LogP contribution in [0.15, 0.2) is 30.5 Å². The number of likely N-dealkylation sites (N-methyl/N-ethyl adjacent to an activating group) is 1. The maximum atomic E-state index is 12.2. The Morgan fingerprint density at radius 2 is 2.13 bits per heavy atom.